The maximum absolute atomic E-state index is 10.9. The van der Waals surface area contributed by atoms with Gasteiger partial charge in [0.05, 0.1) is 13.5 Å². The lowest BCUT2D eigenvalue weighted by molar-refractivity contribution is -0.140. The topological polar surface area (TPSA) is 55.0 Å². The van der Waals surface area contributed by atoms with Crippen LogP contribution in [0.15, 0.2) is 6.20 Å². The largest absolute Gasteiger partial charge is 0.469 e. The molecule has 0 amide bonds. The zero-order valence-electron chi connectivity index (χ0n) is 8.95. The summed E-state index contributed by atoms with van der Waals surface area (Å²) in [6.45, 7) is 0. The molecule has 0 aromatic carbocycles. The SMILES string of the molecule is COC(=O)CCc1ncc(C2CCC2)[nH]1. The van der Waals surface area contributed by atoms with E-state index in [1.165, 1.54) is 32.1 Å². The number of hydrogen-bond donors (Lipinski definition) is 1. The van der Waals surface area contributed by atoms with Gasteiger partial charge in [0.1, 0.15) is 5.82 Å². The van der Waals surface area contributed by atoms with Crippen LogP contribution in [0.3, 0.4) is 0 Å². The quantitative estimate of drug-likeness (QED) is 0.767. The van der Waals surface area contributed by atoms with Gasteiger partial charge >= 0.3 is 5.97 Å². The van der Waals surface area contributed by atoms with Crippen molar-refractivity contribution in [2.75, 3.05) is 7.11 Å². The number of hydrogen-bond acceptors (Lipinski definition) is 3. The van der Waals surface area contributed by atoms with Gasteiger partial charge in [-0.25, -0.2) is 4.98 Å². The number of methoxy groups -OCH3 is 1. The first-order valence-electron chi connectivity index (χ1n) is 5.40. The minimum absolute atomic E-state index is 0.184. The summed E-state index contributed by atoms with van der Waals surface area (Å²) in [5, 5.41) is 0. The monoisotopic (exact) mass is 208 g/mol. The molecule has 82 valence electrons. The Kier molecular flexibility index (Phi) is 3.04. The smallest absolute Gasteiger partial charge is 0.305 e. The normalized spacial score (nSPS) is 16.1. The molecule has 4 heteroatoms. The summed E-state index contributed by atoms with van der Waals surface area (Å²) in [5.41, 5.74) is 1.22. The Morgan fingerprint density at radius 2 is 2.47 bits per heavy atom. The number of nitrogens with zero attached hydrogens (tertiary/aromatic N) is 1. The molecule has 0 aliphatic heterocycles. The summed E-state index contributed by atoms with van der Waals surface area (Å²) in [6, 6.07) is 0. The van der Waals surface area contributed by atoms with Crippen LogP contribution < -0.4 is 0 Å². The first-order chi connectivity index (χ1) is 7.29. The number of aromatic amines is 1. The third kappa shape index (κ3) is 2.37. The highest BCUT2D eigenvalue weighted by atomic mass is 16.5. The number of H-pyrrole nitrogens is 1. The average Bonchev–Trinajstić information content (AvgIpc) is 2.60. The number of carbonyl (C=O) groups excluding carboxylic acids is 1. The van der Waals surface area contributed by atoms with Crippen LogP contribution in [0, 0.1) is 0 Å². The van der Waals surface area contributed by atoms with E-state index in [-0.39, 0.29) is 5.97 Å². The maximum atomic E-state index is 10.9. The molecule has 1 aromatic heterocycles. The van der Waals surface area contributed by atoms with Crippen LogP contribution in [0.5, 0.6) is 0 Å². The van der Waals surface area contributed by atoms with Crippen molar-refractivity contribution in [3.8, 4) is 0 Å². The number of imidazole rings is 1. The zero-order valence-corrected chi connectivity index (χ0v) is 8.95. The first kappa shape index (κ1) is 10.2. The summed E-state index contributed by atoms with van der Waals surface area (Å²) in [7, 11) is 1.41. The van der Waals surface area contributed by atoms with E-state index in [2.05, 4.69) is 14.7 Å². The predicted octanol–water partition coefficient (Wildman–Crippen LogP) is 1.78. The van der Waals surface area contributed by atoms with Crippen molar-refractivity contribution in [2.45, 2.75) is 38.0 Å². The molecule has 1 saturated carbocycles. The molecular formula is C11H16N2O2. The molecule has 1 aliphatic carbocycles. The van der Waals surface area contributed by atoms with Crippen molar-refractivity contribution in [2.24, 2.45) is 0 Å². The molecule has 0 bridgehead atoms. The fraction of sp³-hybridized carbons (Fsp3) is 0.636. The van der Waals surface area contributed by atoms with Gasteiger partial charge in [-0.3, -0.25) is 4.79 Å². The highest BCUT2D eigenvalue weighted by Crippen LogP contribution is 2.35. The number of rotatable bonds is 4. The van der Waals surface area contributed by atoms with Crippen molar-refractivity contribution in [1.82, 2.24) is 9.97 Å². The van der Waals surface area contributed by atoms with E-state index >= 15 is 0 Å². The van der Waals surface area contributed by atoms with Crippen molar-refractivity contribution in [1.29, 1.82) is 0 Å². The van der Waals surface area contributed by atoms with E-state index < -0.39 is 0 Å². The number of aryl methyl sites for hydroxylation is 1. The molecule has 1 heterocycles. The fourth-order valence-electron chi connectivity index (χ4n) is 1.75. The van der Waals surface area contributed by atoms with E-state index in [1.807, 2.05) is 6.20 Å². The van der Waals surface area contributed by atoms with E-state index in [0.29, 0.717) is 18.8 Å². The van der Waals surface area contributed by atoms with Crippen molar-refractivity contribution < 1.29 is 9.53 Å². The van der Waals surface area contributed by atoms with Crippen LogP contribution in [0.25, 0.3) is 0 Å². The Hall–Kier alpha value is -1.32. The van der Waals surface area contributed by atoms with Crippen LogP contribution >= 0.6 is 0 Å². The van der Waals surface area contributed by atoms with Gasteiger partial charge in [0.2, 0.25) is 0 Å². The third-order valence-electron chi connectivity index (χ3n) is 2.99. The van der Waals surface area contributed by atoms with E-state index in [9.17, 15) is 4.79 Å². The lowest BCUT2D eigenvalue weighted by Crippen LogP contribution is -2.09. The van der Waals surface area contributed by atoms with Gasteiger partial charge in [-0.05, 0) is 12.8 Å². The highest BCUT2D eigenvalue weighted by molar-refractivity contribution is 5.69. The van der Waals surface area contributed by atoms with Crippen molar-refractivity contribution >= 4 is 5.97 Å². The summed E-state index contributed by atoms with van der Waals surface area (Å²) in [4.78, 5) is 18.5. The predicted molar refractivity (Wildman–Crippen MR) is 55.5 cm³/mol. The molecule has 1 N–H and O–H groups in total. The van der Waals surface area contributed by atoms with Crippen LogP contribution in [0.2, 0.25) is 0 Å². The van der Waals surface area contributed by atoms with E-state index in [0.717, 1.165) is 5.82 Å². The van der Waals surface area contributed by atoms with Crippen LogP contribution in [-0.2, 0) is 16.0 Å². The van der Waals surface area contributed by atoms with Gasteiger partial charge in [-0.1, -0.05) is 6.42 Å². The number of aromatic nitrogens is 2. The molecule has 15 heavy (non-hydrogen) atoms. The molecule has 0 saturated heterocycles. The second-order valence-electron chi connectivity index (χ2n) is 3.99. The molecule has 2 rings (SSSR count). The third-order valence-corrected chi connectivity index (χ3v) is 2.99. The molecule has 4 nitrogen and oxygen atoms in total. The Balaban J connectivity index is 1.86. The number of ether oxygens (including phenoxy) is 1. The Labute approximate surface area is 89.0 Å². The molecule has 0 atom stereocenters. The van der Waals surface area contributed by atoms with Crippen LogP contribution in [0.1, 0.15) is 43.1 Å². The number of carbonyl (C=O) groups is 1. The molecule has 0 spiro atoms. The zero-order chi connectivity index (χ0) is 10.7. The van der Waals surface area contributed by atoms with E-state index in [4.69, 9.17) is 0 Å². The Bertz CT molecular complexity index is 342. The van der Waals surface area contributed by atoms with Crippen molar-refractivity contribution in [3.05, 3.63) is 17.7 Å². The Morgan fingerprint density at radius 1 is 1.67 bits per heavy atom. The van der Waals surface area contributed by atoms with Gasteiger partial charge in [0, 0.05) is 24.2 Å². The molecule has 0 radical (unpaired) electrons. The molecular weight excluding hydrogens is 192 g/mol. The standard InChI is InChI=1S/C11H16N2O2/c1-15-11(14)6-5-10-12-7-9(13-10)8-3-2-4-8/h7-8H,2-6H2,1H3,(H,12,13). The lowest BCUT2D eigenvalue weighted by Gasteiger charge is -2.23. The number of nitrogens with one attached hydrogen (secondary N) is 1. The molecule has 1 fully saturated rings. The summed E-state index contributed by atoms with van der Waals surface area (Å²) in [6.07, 6.45) is 6.78. The van der Waals surface area contributed by atoms with Gasteiger partial charge in [-0.15, -0.1) is 0 Å². The minimum Gasteiger partial charge on any atom is -0.469 e. The van der Waals surface area contributed by atoms with Crippen LogP contribution in [-0.4, -0.2) is 23.0 Å². The molecule has 1 aromatic rings. The van der Waals surface area contributed by atoms with Crippen molar-refractivity contribution in [3.63, 3.8) is 0 Å². The lowest BCUT2D eigenvalue weighted by atomic mass is 9.83. The number of esters is 1. The van der Waals surface area contributed by atoms with E-state index in [1.54, 1.807) is 0 Å². The van der Waals surface area contributed by atoms with Gasteiger partial charge in [0.15, 0.2) is 0 Å². The fourth-order valence-corrected chi connectivity index (χ4v) is 1.75. The highest BCUT2D eigenvalue weighted by Gasteiger charge is 2.21. The van der Waals surface area contributed by atoms with Gasteiger partial charge in [-0.2, -0.15) is 0 Å². The minimum atomic E-state index is -0.184. The van der Waals surface area contributed by atoms with Gasteiger partial charge < -0.3 is 9.72 Å². The first-order valence-corrected chi connectivity index (χ1v) is 5.40. The second kappa shape index (κ2) is 4.47. The molecule has 1 aliphatic rings. The second-order valence-corrected chi connectivity index (χ2v) is 3.99. The summed E-state index contributed by atoms with van der Waals surface area (Å²) >= 11 is 0. The maximum Gasteiger partial charge on any atom is 0.305 e. The van der Waals surface area contributed by atoms with Gasteiger partial charge in [0.25, 0.3) is 0 Å². The molecule has 0 unspecified atom stereocenters. The van der Waals surface area contributed by atoms with Crippen LogP contribution in [0.4, 0.5) is 0 Å². The summed E-state index contributed by atoms with van der Waals surface area (Å²) < 4.78 is 4.58. The average molecular weight is 208 g/mol. The Morgan fingerprint density at radius 3 is 3.07 bits per heavy atom. The summed E-state index contributed by atoms with van der Waals surface area (Å²) in [5.74, 6) is 1.38.